The number of benzene rings is 1. The van der Waals surface area contributed by atoms with E-state index in [4.69, 9.17) is 0 Å². The number of hydrogen-bond donors (Lipinski definition) is 2. The zero-order valence-electron chi connectivity index (χ0n) is 15.3. The number of hydrogen-bond acceptors (Lipinski definition) is 6. The van der Waals surface area contributed by atoms with Gasteiger partial charge in [0.2, 0.25) is 21.6 Å². The highest BCUT2D eigenvalue weighted by Crippen LogP contribution is 2.32. The number of nitrogens with one attached hydrogen (secondary N) is 1. The standard InChI is InChI=1S/C19H24N2O5S/c1-13(22)12-20-27(25,26)19-16(21-10-6-2-3-7-11-21)17(23)14-8-4-5-9-15(14)18(19)24/h4-5,8-9,13,20,22H,2-3,6-7,10-12H2,1H3. The third-order valence-electron chi connectivity index (χ3n) is 4.81. The molecule has 1 aliphatic heterocycles. The Morgan fingerprint density at radius 3 is 2.15 bits per heavy atom. The van der Waals surface area contributed by atoms with Crippen molar-refractivity contribution in [1.82, 2.24) is 9.62 Å². The maximum Gasteiger partial charge on any atom is 0.246 e. The summed E-state index contributed by atoms with van der Waals surface area (Å²) in [6.07, 6.45) is 2.77. The fraction of sp³-hybridized carbons (Fsp3) is 0.474. The van der Waals surface area contributed by atoms with Crippen LogP contribution in [0.25, 0.3) is 0 Å². The fourth-order valence-corrected chi connectivity index (χ4v) is 4.91. The first-order chi connectivity index (χ1) is 12.8. The molecule has 0 aromatic heterocycles. The van der Waals surface area contributed by atoms with Crippen LogP contribution in [-0.4, -0.2) is 55.7 Å². The number of aliphatic hydroxyl groups is 1. The van der Waals surface area contributed by atoms with Crippen molar-refractivity contribution in [3.63, 3.8) is 0 Å². The lowest BCUT2D eigenvalue weighted by atomic mass is 9.91. The molecule has 1 aliphatic carbocycles. The quantitative estimate of drug-likeness (QED) is 0.786. The highest BCUT2D eigenvalue weighted by atomic mass is 32.2. The minimum Gasteiger partial charge on any atom is -0.392 e. The fourth-order valence-electron chi connectivity index (χ4n) is 3.47. The molecule has 1 aromatic carbocycles. The van der Waals surface area contributed by atoms with E-state index in [0.29, 0.717) is 13.1 Å². The normalized spacial score (nSPS) is 19.7. The number of sulfonamides is 1. The van der Waals surface area contributed by atoms with Crippen LogP contribution in [0.1, 0.15) is 53.3 Å². The maximum absolute atomic E-state index is 13.2. The van der Waals surface area contributed by atoms with Gasteiger partial charge in [0.25, 0.3) is 0 Å². The molecular weight excluding hydrogens is 368 g/mol. The summed E-state index contributed by atoms with van der Waals surface area (Å²) in [5.41, 5.74) is 0.286. The monoisotopic (exact) mass is 392 g/mol. The second-order valence-electron chi connectivity index (χ2n) is 6.98. The summed E-state index contributed by atoms with van der Waals surface area (Å²) in [6, 6.07) is 6.29. The molecule has 1 saturated heterocycles. The molecule has 146 valence electrons. The van der Waals surface area contributed by atoms with E-state index in [1.165, 1.54) is 13.0 Å². The number of rotatable bonds is 5. The zero-order chi connectivity index (χ0) is 19.6. The SMILES string of the molecule is CC(O)CNS(=O)(=O)C1=C(N2CCCCCC2)C(=O)c2ccccc2C1=O. The molecule has 3 rings (SSSR count). The summed E-state index contributed by atoms with van der Waals surface area (Å²) in [7, 11) is -4.26. The predicted octanol–water partition coefficient (Wildman–Crippen LogP) is 1.45. The summed E-state index contributed by atoms with van der Waals surface area (Å²) in [4.78, 5) is 27.5. The van der Waals surface area contributed by atoms with Crippen LogP contribution >= 0.6 is 0 Å². The van der Waals surface area contributed by atoms with Crippen molar-refractivity contribution < 1.29 is 23.1 Å². The summed E-state index contributed by atoms with van der Waals surface area (Å²) in [6.45, 7) is 2.27. The summed E-state index contributed by atoms with van der Waals surface area (Å²) >= 11 is 0. The van der Waals surface area contributed by atoms with E-state index in [1.54, 1.807) is 23.1 Å². The van der Waals surface area contributed by atoms with Crippen LogP contribution in [0.5, 0.6) is 0 Å². The van der Waals surface area contributed by atoms with Gasteiger partial charge in [0.15, 0.2) is 4.91 Å². The summed E-state index contributed by atoms with van der Waals surface area (Å²) < 4.78 is 28.1. The van der Waals surface area contributed by atoms with Gasteiger partial charge in [-0.1, -0.05) is 37.1 Å². The van der Waals surface area contributed by atoms with E-state index in [2.05, 4.69) is 4.72 Å². The van der Waals surface area contributed by atoms with E-state index in [0.717, 1.165) is 25.7 Å². The lowest BCUT2D eigenvalue weighted by molar-refractivity contribution is 0.0947. The first-order valence-electron chi connectivity index (χ1n) is 9.18. The van der Waals surface area contributed by atoms with Crippen molar-refractivity contribution in [1.29, 1.82) is 0 Å². The van der Waals surface area contributed by atoms with Crippen LogP contribution in [-0.2, 0) is 10.0 Å². The molecule has 2 aliphatic rings. The molecule has 2 N–H and O–H groups in total. The molecule has 0 spiro atoms. The molecule has 1 aromatic rings. The average molecular weight is 392 g/mol. The van der Waals surface area contributed by atoms with E-state index in [-0.39, 0.29) is 23.4 Å². The molecule has 0 saturated carbocycles. The van der Waals surface area contributed by atoms with E-state index >= 15 is 0 Å². The number of Topliss-reactive ketones (excluding diaryl/α,β-unsaturated/α-hetero) is 2. The lowest BCUT2D eigenvalue weighted by Gasteiger charge is -2.30. The topological polar surface area (TPSA) is 104 Å². The number of carbonyl (C=O) groups excluding carboxylic acids is 2. The van der Waals surface area contributed by atoms with Crippen LogP contribution < -0.4 is 4.72 Å². The van der Waals surface area contributed by atoms with Gasteiger partial charge in [-0.25, -0.2) is 13.1 Å². The molecule has 1 unspecified atom stereocenters. The van der Waals surface area contributed by atoms with Gasteiger partial charge in [-0.3, -0.25) is 9.59 Å². The van der Waals surface area contributed by atoms with Crippen molar-refractivity contribution in [2.45, 2.75) is 38.7 Å². The Labute approximate surface area is 159 Å². The zero-order valence-corrected chi connectivity index (χ0v) is 16.1. The van der Waals surface area contributed by atoms with Crippen LogP contribution in [0.4, 0.5) is 0 Å². The molecule has 7 nitrogen and oxygen atoms in total. The highest BCUT2D eigenvalue weighted by molar-refractivity contribution is 7.94. The second kappa shape index (κ2) is 7.92. The smallest absolute Gasteiger partial charge is 0.246 e. The number of fused-ring (bicyclic) bond motifs is 1. The van der Waals surface area contributed by atoms with Gasteiger partial charge in [-0.2, -0.15) is 0 Å². The number of aliphatic hydroxyl groups excluding tert-OH is 1. The Morgan fingerprint density at radius 2 is 1.59 bits per heavy atom. The van der Waals surface area contributed by atoms with Crippen molar-refractivity contribution in [2.24, 2.45) is 0 Å². The van der Waals surface area contributed by atoms with E-state index in [1.807, 2.05) is 0 Å². The van der Waals surface area contributed by atoms with Gasteiger partial charge in [0.1, 0.15) is 5.70 Å². The highest BCUT2D eigenvalue weighted by Gasteiger charge is 2.41. The van der Waals surface area contributed by atoms with Gasteiger partial charge >= 0.3 is 0 Å². The molecule has 0 amide bonds. The van der Waals surface area contributed by atoms with Gasteiger partial charge in [0, 0.05) is 30.8 Å². The molecule has 0 radical (unpaired) electrons. The Kier molecular flexibility index (Phi) is 5.78. The molecule has 1 fully saturated rings. The lowest BCUT2D eigenvalue weighted by Crippen LogP contribution is -2.41. The number of nitrogens with zero attached hydrogens (tertiary/aromatic N) is 1. The molecule has 1 heterocycles. The van der Waals surface area contributed by atoms with Crippen LogP contribution in [0.2, 0.25) is 0 Å². The largest absolute Gasteiger partial charge is 0.392 e. The number of ketones is 2. The van der Waals surface area contributed by atoms with Crippen LogP contribution in [0, 0.1) is 0 Å². The molecular formula is C19H24N2O5S. The van der Waals surface area contributed by atoms with Crippen molar-refractivity contribution in [2.75, 3.05) is 19.6 Å². The minimum atomic E-state index is -4.26. The Balaban J connectivity index is 2.15. The third kappa shape index (κ3) is 3.97. The first-order valence-corrected chi connectivity index (χ1v) is 10.7. The molecule has 1 atom stereocenters. The van der Waals surface area contributed by atoms with Gasteiger partial charge < -0.3 is 10.0 Å². The number of allylic oxidation sites excluding steroid dienone is 2. The van der Waals surface area contributed by atoms with Crippen molar-refractivity contribution in [3.8, 4) is 0 Å². The van der Waals surface area contributed by atoms with Crippen LogP contribution in [0.15, 0.2) is 34.9 Å². The Bertz CT molecular complexity index is 881. The van der Waals surface area contributed by atoms with Gasteiger partial charge in [-0.05, 0) is 19.8 Å². The van der Waals surface area contributed by atoms with E-state index in [9.17, 15) is 23.1 Å². The molecule has 27 heavy (non-hydrogen) atoms. The summed E-state index contributed by atoms with van der Waals surface area (Å²) in [5, 5.41) is 9.44. The molecule has 8 heteroatoms. The maximum atomic E-state index is 13.2. The van der Waals surface area contributed by atoms with Gasteiger partial charge in [0.05, 0.1) is 6.10 Å². The van der Waals surface area contributed by atoms with Gasteiger partial charge in [-0.15, -0.1) is 0 Å². The minimum absolute atomic E-state index is 0.0429. The Morgan fingerprint density at radius 1 is 1.04 bits per heavy atom. The van der Waals surface area contributed by atoms with Crippen LogP contribution in [0.3, 0.4) is 0 Å². The van der Waals surface area contributed by atoms with E-state index < -0.39 is 32.6 Å². The predicted molar refractivity (Wildman–Crippen MR) is 101 cm³/mol. The van der Waals surface area contributed by atoms with Crippen molar-refractivity contribution >= 4 is 21.6 Å². The van der Waals surface area contributed by atoms with Crippen molar-refractivity contribution in [3.05, 3.63) is 46.0 Å². The molecule has 0 bridgehead atoms. The Hall–Kier alpha value is -2.03. The first kappa shape index (κ1) is 19.7. The third-order valence-corrected chi connectivity index (χ3v) is 6.28. The summed E-state index contributed by atoms with van der Waals surface area (Å²) in [5.74, 6) is -1.12. The number of carbonyl (C=O) groups is 2. The number of likely N-dealkylation sites (tertiary alicyclic amines) is 1. The second-order valence-corrected chi connectivity index (χ2v) is 8.69. The average Bonchev–Trinajstić information content (AvgIpc) is 2.92.